The van der Waals surface area contributed by atoms with E-state index in [0.29, 0.717) is 12.4 Å². The molecular formula is C11H9Cl3N2O. The van der Waals surface area contributed by atoms with Gasteiger partial charge in [0, 0.05) is 18.0 Å². The predicted octanol–water partition coefficient (Wildman–Crippen LogP) is 3.46. The Hall–Kier alpha value is -0.900. The third-order valence-electron chi connectivity index (χ3n) is 2.30. The van der Waals surface area contributed by atoms with Gasteiger partial charge in [-0.25, -0.2) is 4.98 Å². The fraction of sp³-hybridized carbons (Fsp3) is 0.182. The van der Waals surface area contributed by atoms with Crippen molar-refractivity contribution in [2.24, 2.45) is 0 Å². The Balaban J connectivity index is 2.32. The zero-order valence-electron chi connectivity index (χ0n) is 8.65. The van der Waals surface area contributed by atoms with E-state index in [1.165, 1.54) is 0 Å². The number of imidazole rings is 1. The number of phenols is 1. The van der Waals surface area contributed by atoms with Crippen molar-refractivity contribution in [2.45, 2.75) is 10.3 Å². The Morgan fingerprint density at radius 1 is 1.24 bits per heavy atom. The molecule has 0 fully saturated rings. The van der Waals surface area contributed by atoms with E-state index in [4.69, 9.17) is 34.8 Å². The molecule has 1 aromatic carbocycles. The highest BCUT2D eigenvalue weighted by Gasteiger charge is 2.28. The van der Waals surface area contributed by atoms with Crippen molar-refractivity contribution >= 4 is 34.8 Å². The van der Waals surface area contributed by atoms with Crippen LogP contribution in [-0.2, 0) is 10.3 Å². The molecule has 0 saturated carbocycles. The van der Waals surface area contributed by atoms with E-state index in [-0.39, 0.29) is 5.75 Å². The lowest BCUT2D eigenvalue weighted by molar-refractivity contribution is 0.465. The number of para-hydroxylation sites is 1. The first-order valence-corrected chi connectivity index (χ1v) is 5.97. The Morgan fingerprint density at radius 2 is 1.94 bits per heavy atom. The second kappa shape index (κ2) is 4.77. The Kier molecular flexibility index (Phi) is 3.52. The van der Waals surface area contributed by atoms with E-state index in [2.05, 4.69) is 4.98 Å². The highest BCUT2D eigenvalue weighted by Crippen LogP contribution is 2.37. The average Bonchev–Trinajstić information content (AvgIpc) is 2.69. The second-order valence-corrected chi connectivity index (χ2v) is 5.79. The summed E-state index contributed by atoms with van der Waals surface area (Å²) in [5, 5.41) is 9.67. The Morgan fingerprint density at radius 3 is 2.59 bits per heavy atom. The summed E-state index contributed by atoms with van der Waals surface area (Å²) in [6, 6.07) is 7.00. The fourth-order valence-electron chi connectivity index (χ4n) is 1.52. The van der Waals surface area contributed by atoms with E-state index < -0.39 is 3.79 Å². The van der Waals surface area contributed by atoms with Gasteiger partial charge in [-0.2, -0.15) is 0 Å². The molecule has 0 saturated heterocycles. The first kappa shape index (κ1) is 12.6. The number of aromatic hydroxyl groups is 1. The van der Waals surface area contributed by atoms with Crippen LogP contribution in [0.4, 0.5) is 0 Å². The van der Waals surface area contributed by atoms with Crippen LogP contribution in [0.2, 0.25) is 0 Å². The highest BCUT2D eigenvalue weighted by molar-refractivity contribution is 6.66. The number of hydrogen-bond donors (Lipinski definition) is 1. The van der Waals surface area contributed by atoms with Crippen molar-refractivity contribution in [1.82, 2.24) is 9.55 Å². The molecule has 17 heavy (non-hydrogen) atoms. The monoisotopic (exact) mass is 290 g/mol. The van der Waals surface area contributed by atoms with Gasteiger partial charge in [-0.05, 0) is 6.07 Å². The molecule has 0 radical (unpaired) electrons. The molecule has 0 aliphatic carbocycles. The normalized spacial score (nSPS) is 11.7. The maximum atomic E-state index is 9.67. The van der Waals surface area contributed by atoms with Gasteiger partial charge in [0.05, 0.1) is 6.54 Å². The van der Waals surface area contributed by atoms with Gasteiger partial charge >= 0.3 is 0 Å². The van der Waals surface area contributed by atoms with E-state index >= 15 is 0 Å². The Bertz CT molecular complexity index is 519. The van der Waals surface area contributed by atoms with Crippen LogP contribution in [0.3, 0.4) is 0 Å². The summed E-state index contributed by atoms with van der Waals surface area (Å²) in [5.41, 5.74) is 0.737. The standard InChI is InChI=1S/C11H9Cl3N2O/c12-11(13,14)10-15-5-6-16(10)7-8-3-1-2-4-9(8)17/h1-6,17H,7H2. The van der Waals surface area contributed by atoms with Crippen molar-refractivity contribution in [2.75, 3.05) is 0 Å². The van der Waals surface area contributed by atoms with Crippen LogP contribution in [-0.4, -0.2) is 14.7 Å². The van der Waals surface area contributed by atoms with Crippen LogP contribution in [0.25, 0.3) is 0 Å². The molecule has 2 rings (SSSR count). The van der Waals surface area contributed by atoms with Gasteiger partial charge in [0.1, 0.15) is 5.75 Å². The largest absolute Gasteiger partial charge is 0.508 e. The van der Waals surface area contributed by atoms with Gasteiger partial charge in [-0.15, -0.1) is 0 Å². The number of halogens is 3. The molecule has 1 heterocycles. The van der Waals surface area contributed by atoms with Gasteiger partial charge in [-0.1, -0.05) is 53.0 Å². The van der Waals surface area contributed by atoms with Crippen molar-refractivity contribution < 1.29 is 5.11 Å². The number of aromatic nitrogens is 2. The summed E-state index contributed by atoms with van der Waals surface area (Å²) >= 11 is 17.4. The molecule has 0 aliphatic heterocycles. The molecule has 2 aromatic rings. The zero-order chi connectivity index (χ0) is 12.5. The molecule has 1 aromatic heterocycles. The second-order valence-electron chi connectivity index (χ2n) is 3.51. The molecule has 0 spiro atoms. The minimum atomic E-state index is -1.58. The van der Waals surface area contributed by atoms with E-state index in [9.17, 15) is 5.11 Å². The molecule has 6 heteroatoms. The summed E-state index contributed by atoms with van der Waals surface area (Å²) in [6.45, 7) is 0.399. The molecule has 0 bridgehead atoms. The lowest BCUT2D eigenvalue weighted by Gasteiger charge is -2.14. The number of rotatable bonds is 2. The number of benzene rings is 1. The SMILES string of the molecule is Oc1ccccc1Cn1ccnc1C(Cl)(Cl)Cl. The number of hydrogen-bond acceptors (Lipinski definition) is 2. The number of alkyl halides is 3. The zero-order valence-corrected chi connectivity index (χ0v) is 10.9. The Labute approximate surface area is 114 Å². The first-order valence-electron chi connectivity index (χ1n) is 4.83. The minimum Gasteiger partial charge on any atom is -0.508 e. The first-order chi connectivity index (χ1) is 7.98. The third-order valence-corrected chi connectivity index (χ3v) is 2.81. The maximum Gasteiger partial charge on any atom is 0.248 e. The molecule has 0 aliphatic rings. The smallest absolute Gasteiger partial charge is 0.248 e. The summed E-state index contributed by atoms with van der Waals surface area (Å²) in [6.07, 6.45) is 3.25. The summed E-state index contributed by atoms with van der Waals surface area (Å²) in [4.78, 5) is 4.00. The lowest BCUT2D eigenvalue weighted by atomic mass is 10.2. The predicted molar refractivity (Wildman–Crippen MR) is 68.7 cm³/mol. The van der Waals surface area contributed by atoms with Gasteiger partial charge in [0.2, 0.25) is 3.79 Å². The fourth-order valence-corrected chi connectivity index (χ4v) is 1.99. The van der Waals surface area contributed by atoms with Gasteiger partial charge in [-0.3, -0.25) is 0 Å². The maximum absolute atomic E-state index is 9.67. The van der Waals surface area contributed by atoms with Gasteiger partial charge in [0.25, 0.3) is 0 Å². The quantitative estimate of drug-likeness (QED) is 0.861. The summed E-state index contributed by atoms with van der Waals surface area (Å²) < 4.78 is 0.107. The number of phenolic OH excluding ortho intramolecular Hbond substituents is 1. The number of nitrogens with zero attached hydrogens (tertiary/aromatic N) is 2. The van der Waals surface area contributed by atoms with Gasteiger partial charge in [0.15, 0.2) is 5.82 Å². The van der Waals surface area contributed by atoms with Crippen molar-refractivity contribution in [3.8, 4) is 5.75 Å². The topological polar surface area (TPSA) is 38.0 Å². The van der Waals surface area contributed by atoms with Crippen molar-refractivity contribution in [1.29, 1.82) is 0 Å². The molecule has 3 nitrogen and oxygen atoms in total. The molecular weight excluding hydrogens is 282 g/mol. The van der Waals surface area contributed by atoms with Crippen LogP contribution in [0.1, 0.15) is 11.4 Å². The highest BCUT2D eigenvalue weighted by atomic mass is 35.6. The van der Waals surface area contributed by atoms with E-state index in [1.807, 2.05) is 6.07 Å². The van der Waals surface area contributed by atoms with Crippen molar-refractivity contribution in [3.63, 3.8) is 0 Å². The van der Waals surface area contributed by atoms with E-state index in [1.54, 1.807) is 35.2 Å². The van der Waals surface area contributed by atoms with Gasteiger partial charge < -0.3 is 9.67 Å². The molecule has 90 valence electrons. The van der Waals surface area contributed by atoms with E-state index in [0.717, 1.165) is 5.56 Å². The van der Waals surface area contributed by atoms with Crippen LogP contribution in [0.5, 0.6) is 5.75 Å². The van der Waals surface area contributed by atoms with Crippen molar-refractivity contribution in [3.05, 3.63) is 48.0 Å². The summed E-state index contributed by atoms with van der Waals surface area (Å²) in [5.74, 6) is 0.530. The molecule has 0 atom stereocenters. The minimum absolute atomic E-state index is 0.205. The average molecular weight is 292 g/mol. The molecule has 0 amide bonds. The molecule has 0 unspecified atom stereocenters. The molecule has 1 N–H and O–H groups in total. The van der Waals surface area contributed by atoms with Crippen LogP contribution < -0.4 is 0 Å². The van der Waals surface area contributed by atoms with Crippen LogP contribution in [0, 0.1) is 0 Å². The third kappa shape index (κ3) is 2.86. The summed E-state index contributed by atoms with van der Waals surface area (Å²) in [7, 11) is 0. The van der Waals surface area contributed by atoms with Crippen LogP contribution in [0.15, 0.2) is 36.7 Å². The van der Waals surface area contributed by atoms with Crippen LogP contribution >= 0.6 is 34.8 Å². The lowest BCUT2D eigenvalue weighted by Crippen LogP contribution is -2.12.